The third kappa shape index (κ3) is 4.94. The predicted octanol–water partition coefficient (Wildman–Crippen LogP) is 2.82. The van der Waals surface area contributed by atoms with Crippen molar-refractivity contribution in [3.05, 3.63) is 0 Å². The summed E-state index contributed by atoms with van der Waals surface area (Å²) in [5, 5.41) is 3.75. The van der Waals surface area contributed by atoms with Crippen molar-refractivity contribution >= 4 is 0 Å². The maximum Gasteiger partial charge on any atom is 0.0113 e. The molecule has 21 heavy (non-hydrogen) atoms. The smallest absolute Gasteiger partial charge is 0.0113 e. The zero-order chi connectivity index (χ0) is 15.5. The lowest BCUT2D eigenvalue weighted by molar-refractivity contribution is 0.0765. The fraction of sp³-hybridized carbons (Fsp3) is 1.00. The van der Waals surface area contributed by atoms with Gasteiger partial charge in [0, 0.05) is 18.6 Å². The maximum atomic E-state index is 3.75. The van der Waals surface area contributed by atoms with Gasteiger partial charge in [-0.1, -0.05) is 20.8 Å². The molecular weight excluding hydrogens is 258 g/mol. The van der Waals surface area contributed by atoms with E-state index in [0.717, 1.165) is 24.5 Å². The summed E-state index contributed by atoms with van der Waals surface area (Å²) < 4.78 is 0. The molecule has 1 saturated carbocycles. The second kappa shape index (κ2) is 7.43. The third-order valence-electron chi connectivity index (χ3n) is 5.76. The highest BCUT2D eigenvalue weighted by Gasteiger charge is 2.35. The lowest BCUT2D eigenvalue weighted by Gasteiger charge is -2.44. The Morgan fingerprint density at radius 3 is 2.38 bits per heavy atom. The number of nitrogens with zero attached hydrogens (tertiary/aromatic N) is 2. The standard InChI is InChI=1S/C18H37N3/c1-6-19-17-7-10-18(2,3)13-15(17)14-21-11-8-16(9-12-21)20(4)5/h15-17,19H,6-14H2,1-5H3. The Balaban J connectivity index is 1.87. The molecule has 0 aromatic heterocycles. The Hall–Kier alpha value is -0.120. The van der Waals surface area contributed by atoms with E-state index < -0.39 is 0 Å². The molecule has 2 aliphatic rings. The van der Waals surface area contributed by atoms with Gasteiger partial charge in [0.15, 0.2) is 0 Å². The SMILES string of the molecule is CCNC1CCC(C)(C)CC1CN1CCC(N(C)C)CC1. The topological polar surface area (TPSA) is 18.5 Å². The predicted molar refractivity (Wildman–Crippen MR) is 91.7 cm³/mol. The van der Waals surface area contributed by atoms with Gasteiger partial charge in [-0.25, -0.2) is 0 Å². The van der Waals surface area contributed by atoms with Gasteiger partial charge in [0.25, 0.3) is 0 Å². The van der Waals surface area contributed by atoms with Crippen molar-refractivity contribution in [1.29, 1.82) is 0 Å². The Kier molecular flexibility index (Phi) is 6.10. The molecule has 0 aromatic carbocycles. The van der Waals surface area contributed by atoms with Gasteiger partial charge in [0.05, 0.1) is 0 Å². The van der Waals surface area contributed by atoms with Gasteiger partial charge in [0.1, 0.15) is 0 Å². The first-order chi connectivity index (χ1) is 9.91. The van der Waals surface area contributed by atoms with Crippen LogP contribution in [0.5, 0.6) is 0 Å². The number of hydrogen-bond acceptors (Lipinski definition) is 3. The number of piperidine rings is 1. The average Bonchev–Trinajstić information content (AvgIpc) is 2.42. The fourth-order valence-electron chi connectivity index (χ4n) is 4.41. The lowest BCUT2D eigenvalue weighted by atomic mass is 9.69. The second-order valence-electron chi connectivity index (χ2n) is 8.33. The summed E-state index contributed by atoms with van der Waals surface area (Å²) in [5.74, 6) is 0.838. The summed E-state index contributed by atoms with van der Waals surface area (Å²) >= 11 is 0. The second-order valence-corrected chi connectivity index (χ2v) is 8.33. The Morgan fingerprint density at radius 2 is 1.81 bits per heavy atom. The zero-order valence-corrected chi connectivity index (χ0v) is 15.0. The first-order valence-electron chi connectivity index (χ1n) is 9.03. The van der Waals surface area contributed by atoms with Gasteiger partial charge in [-0.05, 0) is 77.2 Å². The highest BCUT2D eigenvalue weighted by molar-refractivity contribution is 4.91. The molecule has 1 aliphatic carbocycles. The number of hydrogen-bond donors (Lipinski definition) is 1. The molecule has 1 saturated heterocycles. The number of rotatable bonds is 5. The van der Waals surface area contributed by atoms with Crippen LogP contribution in [0, 0.1) is 11.3 Å². The highest BCUT2D eigenvalue weighted by atomic mass is 15.2. The van der Waals surface area contributed by atoms with Crippen LogP contribution in [-0.2, 0) is 0 Å². The molecular formula is C18H37N3. The van der Waals surface area contributed by atoms with Gasteiger partial charge in [-0.15, -0.1) is 0 Å². The van der Waals surface area contributed by atoms with E-state index in [1.54, 1.807) is 0 Å². The molecule has 2 fully saturated rings. The van der Waals surface area contributed by atoms with Crippen molar-refractivity contribution in [2.24, 2.45) is 11.3 Å². The first-order valence-corrected chi connectivity index (χ1v) is 9.03. The first kappa shape index (κ1) is 17.2. The van der Waals surface area contributed by atoms with Crippen LogP contribution < -0.4 is 5.32 Å². The van der Waals surface area contributed by atoms with Crippen LogP contribution in [0.4, 0.5) is 0 Å². The van der Waals surface area contributed by atoms with Crippen molar-refractivity contribution in [3.8, 4) is 0 Å². The van der Waals surface area contributed by atoms with E-state index in [0.29, 0.717) is 5.41 Å². The Morgan fingerprint density at radius 1 is 1.14 bits per heavy atom. The Labute approximate surface area is 132 Å². The minimum Gasteiger partial charge on any atom is -0.314 e. The zero-order valence-electron chi connectivity index (χ0n) is 15.0. The summed E-state index contributed by atoms with van der Waals surface area (Å²) in [6, 6.07) is 1.54. The van der Waals surface area contributed by atoms with E-state index in [1.807, 2.05) is 0 Å². The molecule has 0 spiro atoms. The normalized spacial score (nSPS) is 31.7. The minimum atomic E-state index is 0.540. The number of nitrogens with one attached hydrogen (secondary N) is 1. The fourth-order valence-corrected chi connectivity index (χ4v) is 4.41. The molecule has 1 heterocycles. The van der Waals surface area contributed by atoms with E-state index in [2.05, 4.69) is 50.0 Å². The third-order valence-corrected chi connectivity index (χ3v) is 5.76. The molecule has 3 heteroatoms. The summed E-state index contributed by atoms with van der Waals surface area (Å²) in [6.07, 6.45) is 6.81. The average molecular weight is 296 g/mol. The van der Waals surface area contributed by atoms with Crippen LogP contribution in [0.1, 0.15) is 52.9 Å². The van der Waals surface area contributed by atoms with E-state index in [1.165, 1.54) is 51.7 Å². The van der Waals surface area contributed by atoms with Gasteiger partial charge in [-0.2, -0.15) is 0 Å². The van der Waals surface area contributed by atoms with Gasteiger partial charge in [0.2, 0.25) is 0 Å². The Bertz CT molecular complexity index is 306. The van der Waals surface area contributed by atoms with E-state index in [9.17, 15) is 0 Å². The van der Waals surface area contributed by atoms with Crippen molar-refractivity contribution in [1.82, 2.24) is 15.1 Å². The molecule has 0 radical (unpaired) electrons. The summed E-state index contributed by atoms with van der Waals surface area (Å²) in [7, 11) is 4.45. The quantitative estimate of drug-likeness (QED) is 0.841. The highest BCUT2D eigenvalue weighted by Crippen LogP contribution is 2.39. The van der Waals surface area contributed by atoms with Crippen LogP contribution in [0.3, 0.4) is 0 Å². The van der Waals surface area contributed by atoms with Crippen molar-refractivity contribution in [3.63, 3.8) is 0 Å². The summed E-state index contributed by atoms with van der Waals surface area (Å²) in [6.45, 7) is 12.2. The molecule has 0 aromatic rings. The minimum absolute atomic E-state index is 0.540. The molecule has 1 aliphatic heterocycles. The molecule has 124 valence electrons. The maximum absolute atomic E-state index is 3.75. The monoisotopic (exact) mass is 295 g/mol. The van der Waals surface area contributed by atoms with E-state index in [4.69, 9.17) is 0 Å². The molecule has 0 bridgehead atoms. The van der Waals surface area contributed by atoms with E-state index >= 15 is 0 Å². The van der Waals surface area contributed by atoms with Crippen molar-refractivity contribution in [2.75, 3.05) is 40.3 Å². The molecule has 2 atom stereocenters. The van der Waals surface area contributed by atoms with Crippen molar-refractivity contribution in [2.45, 2.75) is 65.0 Å². The molecule has 3 nitrogen and oxygen atoms in total. The van der Waals surface area contributed by atoms with Crippen LogP contribution in [0.2, 0.25) is 0 Å². The van der Waals surface area contributed by atoms with Crippen LogP contribution in [-0.4, -0.2) is 62.2 Å². The molecule has 0 amide bonds. The van der Waals surface area contributed by atoms with Gasteiger partial charge < -0.3 is 15.1 Å². The molecule has 2 unspecified atom stereocenters. The van der Waals surface area contributed by atoms with Crippen LogP contribution >= 0.6 is 0 Å². The van der Waals surface area contributed by atoms with Crippen molar-refractivity contribution < 1.29 is 0 Å². The lowest BCUT2D eigenvalue weighted by Crippen LogP contribution is -2.50. The van der Waals surface area contributed by atoms with E-state index in [-0.39, 0.29) is 0 Å². The van der Waals surface area contributed by atoms with Crippen LogP contribution in [0.25, 0.3) is 0 Å². The molecule has 1 N–H and O–H groups in total. The molecule has 2 rings (SSSR count). The van der Waals surface area contributed by atoms with Gasteiger partial charge in [-0.3, -0.25) is 0 Å². The van der Waals surface area contributed by atoms with Crippen LogP contribution in [0.15, 0.2) is 0 Å². The van der Waals surface area contributed by atoms with Gasteiger partial charge >= 0.3 is 0 Å². The largest absolute Gasteiger partial charge is 0.314 e. The number of likely N-dealkylation sites (tertiary alicyclic amines) is 1. The summed E-state index contributed by atoms with van der Waals surface area (Å²) in [4.78, 5) is 5.14. The summed E-state index contributed by atoms with van der Waals surface area (Å²) in [5.41, 5.74) is 0.540.